The van der Waals surface area contributed by atoms with E-state index in [9.17, 15) is 5.11 Å². The van der Waals surface area contributed by atoms with Gasteiger partial charge in [0.15, 0.2) is 0 Å². The highest BCUT2D eigenvalue weighted by Gasteiger charge is 2.01. The van der Waals surface area contributed by atoms with Crippen molar-refractivity contribution < 1.29 is 5.11 Å². The lowest BCUT2D eigenvalue weighted by Crippen LogP contribution is -2.17. The molecule has 0 aliphatic heterocycles. The van der Waals surface area contributed by atoms with Crippen molar-refractivity contribution in [2.75, 3.05) is 6.54 Å². The zero-order valence-corrected chi connectivity index (χ0v) is 11.0. The molecule has 4 heteroatoms. The Hall–Kier alpha value is -0.450. The summed E-state index contributed by atoms with van der Waals surface area (Å²) in [5.74, 6) is 0. The van der Waals surface area contributed by atoms with Crippen molar-refractivity contribution in [2.24, 2.45) is 0 Å². The number of thiazole rings is 1. The zero-order chi connectivity index (χ0) is 11.8. The standard InChI is InChI=1S/C12H22N2OS/c1-3-11(15)6-5-7-13-8-10-9-16-12(4-2)14-10/h9,11,13,15H,3-8H2,1-2H3. The second kappa shape index (κ2) is 7.76. The summed E-state index contributed by atoms with van der Waals surface area (Å²) in [6.07, 6.45) is 3.66. The molecule has 0 aliphatic rings. The lowest BCUT2D eigenvalue weighted by Gasteiger charge is -2.07. The molecule has 1 rings (SSSR count). The van der Waals surface area contributed by atoms with Crippen LogP contribution in [0.5, 0.6) is 0 Å². The predicted molar refractivity (Wildman–Crippen MR) is 68.7 cm³/mol. The Morgan fingerprint density at radius 3 is 2.94 bits per heavy atom. The maximum Gasteiger partial charge on any atom is 0.0926 e. The van der Waals surface area contributed by atoms with Crippen molar-refractivity contribution in [3.63, 3.8) is 0 Å². The fraction of sp³-hybridized carbons (Fsp3) is 0.750. The van der Waals surface area contributed by atoms with Gasteiger partial charge in [-0.05, 0) is 32.2 Å². The number of nitrogens with one attached hydrogen (secondary N) is 1. The summed E-state index contributed by atoms with van der Waals surface area (Å²) in [5, 5.41) is 16.0. The molecule has 3 nitrogen and oxygen atoms in total. The van der Waals surface area contributed by atoms with Gasteiger partial charge in [0.2, 0.25) is 0 Å². The summed E-state index contributed by atoms with van der Waals surface area (Å²) in [6.45, 7) is 5.94. The van der Waals surface area contributed by atoms with E-state index in [2.05, 4.69) is 22.6 Å². The highest BCUT2D eigenvalue weighted by atomic mass is 32.1. The third kappa shape index (κ3) is 5.05. The molecular weight excluding hydrogens is 220 g/mol. The van der Waals surface area contributed by atoms with Gasteiger partial charge in [-0.25, -0.2) is 4.98 Å². The van der Waals surface area contributed by atoms with Gasteiger partial charge in [-0.15, -0.1) is 11.3 Å². The van der Waals surface area contributed by atoms with E-state index in [1.54, 1.807) is 11.3 Å². The van der Waals surface area contributed by atoms with Gasteiger partial charge in [0, 0.05) is 11.9 Å². The second-order valence-electron chi connectivity index (χ2n) is 3.97. The molecule has 0 aromatic carbocycles. The van der Waals surface area contributed by atoms with Gasteiger partial charge in [0.25, 0.3) is 0 Å². The minimum Gasteiger partial charge on any atom is -0.393 e. The first-order valence-corrected chi connectivity index (χ1v) is 6.96. The van der Waals surface area contributed by atoms with E-state index in [0.717, 1.165) is 44.5 Å². The van der Waals surface area contributed by atoms with E-state index in [4.69, 9.17) is 0 Å². The fourth-order valence-electron chi connectivity index (χ4n) is 1.48. The van der Waals surface area contributed by atoms with Crippen molar-refractivity contribution in [2.45, 2.75) is 52.2 Å². The van der Waals surface area contributed by atoms with E-state index in [-0.39, 0.29) is 6.10 Å². The lowest BCUT2D eigenvalue weighted by molar-refractivity contribution is 0.157. The number of aryl methyl sites for hydroxylation is 1. The molecule has 0 fully saturated rings. The third-order valence-corrected chi connectivity index (χ3v) is 3.61. The van der Waals surface area contributed by atoms with E-state index in [0.29, 0.717) is 0 Å². The predicted octanol–water partition coefficient (Wildman–Crippen LogP) is 2.35. The first-order chi connectivity index (χ1) is 7.76. The molecule has 1 heterocycles. The van der Waals surface area contributed by atoms with E-state index in [1.807, 2.05) is 6.92 Å². The number of aromatic nitrogens is 1. The van der Waals surface area contributed by atoms with Gasteiger partial charge in [-0.1, -0.05) is 13.8 Å². The first kappa shape index (κ1) is 13.6. The van der Waals surface area contributed by atoms with Crippen LogP contribution in [0.3, 0.4) is 0 Å². The van der Waals surface area contributed by atoms with Crippen LogP contribution in [0, 0.1) is 0 Å². The Morgan fingerprint density at radius 2 is 2.31 bits per heavy atom. The summed E-state index contributed by atoms with van der Waals surface area (Å²) >= 11 is 1.73. The fourth-order valence-corrected chi connectivity index (χ4v) is 2.22. The summed E-state index contributed by atoms with van der Waals surface area (Å²) in [4.78, 5) is 4.48. The molecule has 1 aromatic rings. The average molecular weight is 242 g/mol. The Bertz CT molecular complexity index is 288. The van der Waals surface area contributed by atoms with Crippen LogP contribution in [0.1, 0.15) is 43.8 Å². The summed E-state index contributed by atoms with van der Waals surface area (Å²) < 4.78 is 0. The quantitative estimate of drug-likeness (QED) is 0.688. The van der Waals surface area contributed by atoms with Crippen molar-refractivity contribution in [3.8, 4) is 0 Å². The molecule has 92 valence electrons. The third-order valence-electron chi connectivity index (χ3n) is 2.57. The minimum absolute atomic E-state index is 0.132. The highest BCUT2D eigenvalue weighted by molar-refractivity contribution is 7.09. The molecule has 1 atom stereocenters. The zero-order valence-electron chi connectivity index (χ0n) is 10.2. The van der Waals surface area contributed by atoms with E-state index >= 15 is 0 Å². The van der Waals surface area contributed by atoms with Crippen LogP contribution >= 0.6 is 11.3 Å². The van der Waals surface area contributed by atoms with Gasteiger partial charge in [-0.3, -0.25) is 0 Å². The van der Waals surface area contributed by atoms with Crippen LogP contribution in [-0.4, -0.2) is 22.7 Å². The first-order valence-electron chi connectivity index (χ1n) is 6.08. The number of aliphatic hydroxyl groups excluding tert-OH is 1. The van der Waals surface area contributed by atoms with Crippen LogP contribution in [0.2, 0.25) is 0 Å². The molecule has 0 radical (unpaired) electrons. The summed E-state index contributed by atoms with van der Waals surface area (Å²) in [5.41, 5.74) is 1.14. The SMILES string of the molecule is CCc1nc(CNCCCC(O)CC)cs1. The van der Waals surface area contributed by atoms with Crippen molar-refractivity contribution in [3.05, 3.63) is 16.1 Å². The monoisotopic (exact) mass is 242 g/mol. The van der Waals surface area contributed by atoms with Gasteiger partial charge in [0.05, 0.1) is 16.8 Å². The Balaban J connectivity index is 2.07. The molecule has 0 saturated carbocycles. The van der Waals surface area contributed by atoms with Gasteiger partial charge in [-0.2, -0.15) is 0 Å². The van der Waals surface area contributed by atoms with Gasteiger partial charge in [0.1, 0.15) is 0 Å². The molecule has 16 heavy (non-hydrogen) atoms. The lowest BCUT2D eigenvalue weighted by atomic mass is 10.1. The molecule has 0 saturated heterocycles. The van der Waals surface area contributed by atoms with Crippen molar-refractivity contribution in [1.82, 2.24) is 10.3 Å². The molecule has 1 aromatic heterocycles. The van der Waals surface area contributed by atoms with Gasteiger partial charge >= 0.3 is 0 Å². The Labute approximate surface area is 102 Å². The molecular formula is C12H22N2OS. The van der Waals surface area contributed by atoms with Crippen LogP contribution in [0.4, 0.5) is 0 Å². The number of nitrogens with zero attached hydrogens (tertiary/aromatic N) is 1. The van der Waals surface area contributed by atoms with Gasteiger partial charge < -0.3 is 10.4 Å². The normalized spacial score (nSPS) is 12.9. The molecule has 0 spiro atoms. The van der Waals surface area contributed by atoms with Crippen molar-refractivity contribution in [1.29, 1.82) is 0 Å². The van der Waals surface area contributed by atoms with Crippen LogP contribution in [0.15, 0.2) is 5.38 Å². The molecule has 2 N–H and O–H groups in total. The van der Waals surface area contributed by atoms with Crippen LogP contribution < -0.4 is 5.32 Å². The molecule has 1 unspecified atom stereocenters. The molecule has 0 amide bonds. The average Bonchev–Trinajstić information content (AvgIpc) is 2.76. The minimum atomic E-state index is -0.132. The highest BCUT2D eigenvalue weighted by Crippen LogP contribution is 2.09. The Morgan fingerprint density at radius 1 is 1.50 bits per heavy atom. The van der Waals surface area contributed by atoms with E-state index < -0.39 is 0 Å². The number of hydrogen-bond acceptors (Lipinski definition) is 4. The molecule has 0 bridgehead atoms. The second-order valence-corrected chi connectivity index (χ2v) is 4.91. The Kier molecular flexibility index (Phi) is 6.61. The van der Waals surface area contributed by atoms with Crippen molar-refractivity contribution >= 4 is 11.3 Å². The van der Waals surface area contributed by atoms with E-state index in [1.165, 1.54) is 5.01 Å². The van der Waals surface area contributed by atoms with Crippen LogP contribution in [-0.2, 0) is 13.0 Å². The number of hydrogen-bond donors (Lipinski definition) is 2. The molecule has 0 aliphatic carbocycles. The summed E-state index contributed by atoms with van der Waals surface area (Å²) in [6, 6.07) is 0. The summed E-state index contributed by atoms with van der Waals surface area (Å²) in [7, 11) is 0. The maximum atomic E-state index is 9.37. The van der Waals surface area contributed by atoms with Crippen LogP contribution in [0.25, 0.3) is 0 Å². The maximum absolute atomic E-state index is 9.37. The topological polar surface area (TPSA) is 45.2 Å². The number of rotatable bonds is 8. The smallest absolute Gasteiger partial charge is 0.0926 e. The largest absolute Gasteiger partial charge is 0.393 e. The number of aliphatic hydroxyl groups is 1.